The number of rotatable bonds is 3. The van der Waals surface area contributed by atoms with Crippen molar-refractivity contribution in [3.05, 3.63) is 68.1 Å². The molecule has 0 aliphatic carbocycles. The first-order chi connectivity index (χ1) is 8.56. The van der Waals surface area contributed by atoms with Gasteiger partial charge in [-0.05, 0) is 36.6 Å². The van der Waals surface area contributed by atoms with Crippen LogP contribution in [0.1, 0.15) is 22.1 Å². The highest BCUT2D eigenvalue weighted by atomic mass is 79.9. The van der Waals surface area contributed by atoms with Crippen molar-refractivity contribution in [2.75, 3.05) is 0 Å². The van der Waals surface area contributed by atoms with Gasteiger partial charge in [-0.3, -0.25) is 0 Å². The summed E-state index contributed by atoms with van der Waals surface area (Å²) in [6.45, 7) is 2.10. The van der Waals surface area contributed by atoms with Crippen LogP contribution in [0.4, 0.5) is 0 Å². The Hall–Kier alpha value is -0.310. The molecule has 0 aliphatic rings. The van der Waals surface area contributed by atoms with Crippen molar-refractivity contribution in [3.8, 4) is 0 Å². The summed E-state index contributed by atoms with van der Waals surface area (Å²) in [4.78, 5) is 0. The maximum absolute atomic E-state index is 6.51. The molecule has 1 atom stereocenters. The molecule has 0 saturated heterocycles. The standard InChI is InChI=1S/C15H13Br2Cl/c1-10-3-2-4-11(7-10)8-15(18)13-6-5-12(16)9-14(13)17/h2-7,9,15H,8H2,1H3. The van der Waals surface area contributed by atoms with E-state index < -0.39 is 0 Å². The molecule has 2 aromatic carbocycles. The van der Waals surface area contributed by atoms with Crippen LogP contribution in [0.25, 0.3) is 0 Å². The number of benzene rings is 2. The van der Waals surface area contributed by atoms with E-state index in [0.717, 1.165) is 20.9 Å². The molecular formula is C15H13Br2Cl. The van der Waals surface area contributed by atoms with Gasteiger partial charge in [0.15, 0.2) is 0 Å². The van der Waals surface area contributed by atoms with E-state index in [-0.39, 0.29) is 5.38 Å². The Kier molecular flexibility index (Phi) is 4.88. The van der Waals surface area contributed by atoms with Gasteiger partial charge in [0.1, 0.15) is 0 Å². The number of aryl methyl sites for hydroxylation is 1. The number of hydrogen-bond acceptors (Lipinski definition) is 0. The average Bonchev–Trinajstić information content (AvgIpc) is 2.28. The lowest BCUT2D eigenvalue weighted by Gasteiger charge is -2.12. The van der Waals surface area contributed by atoms with Crippen molar-refractivity contribution < 1.29 is 0 Å². The van der Waals surface area contributed by atoms with E-state index in [1.165, 1.54) is 11.1 Å². The van der Waals surface area contributed by atoms with Crippen molar-refractivity contribution in [2.24, 2.45) is 0 Å². The lowest BCUT2D eigenvalue weighted by molar-refractivity contribution is 0.912. The van der Waals surface area contributed by atoms with E-state index in [1.807, 2.05) is 12.1 Å². The van der Waals surface area contributed by atoms with Gasteiger partial charge in [-0.1, -0.05) is 67.8 Å². The van der Waals surface area contributed by atoms with E-state index >= 15 is 0 Å². The monoisotopic (exact) mass is 386 g/mol. The summed E-state index contributed by atoms with van der Waals surface area (Å²) >= 11 is 13.5. The summed E-state index contributed by atoms with van der Waals surface area (Å²) in [6.07, 6.45) is 0.837. The third-order valence-electron chi connectivity index (χ3n) is 2.80. The largest absolute Gasteiger partial charge is 0.117 e. The highest BCUT2D eigenvalue weighted by Gasteiger charge is 2.12. The molecule has 0 saturated carbocycles. The van der Waals surface area contributed by atoms with Crippen molar-refractivity contribution in [2.45, 2.75) is 18.7 Å². The van der Waals surface area contributed by atoms with Crippen molar-refractivity contribution in [3.63, 3.8) is 0 Å². The zero-order valence-electron chi connectivity index (χ0n) is 9.96. The molecule has 0 amide bonds. The minimum Gasteiger partial charge on any atom is -0.117 e. The molecule has 0 fully saturated rings. The van der Waals surface area contributed by atoms with E-state index in [2.05, 4.69) is 69.1 Å². The van der Waals surface area contributed by atoms with Crippen LogP contribution >= 0.6 is 43.5 Å². The van der Waals surface area contributed by atoms with E-state index in [0.29, 0.717) is 0 Å². The van der Waals surface area contributed by atoms with Crippen LogP contribution < -0.4 is 0 Å². The number of alkyl halides is 1. The Morgan fingerprint density at radius 2 is 1.89 bits per heavy atom. The zero-order valence-corrected chi connectivity index (χ0v) is 13.9. The minimum absolute atomic E-state index is 0.0192. The van der Waals surface area contributed by atoms with Gasteiger partial charge in [0.2, 0.25) is 0 Å². The molecule has 0 radical (unpaired) electrons. The predicted octanol–water partition coefficient (Wildman–Crippen LogP) is 6.04. The zero-order chi connectivity index (χ0) is 13.1. The van der Waals surface area contributed by atoms with Gasteiger partial charge >= 0.3 is 0 Å². The summed E-state index contributed by atoms with van der Waals surface area (Å²) in [6, 6.07) is 14.6. The number of hydrogen-bond donors (Lipinski definition) is 0. The molecule has 1 unspecified atom stereocenters. The first kappa shape index (κ1) is 14.1. The Labute approximate surface area is 130 Å². The van der Waals surface area contributed by atoms with Crippen LogP contribution in [-0.2, 0) is 6.42 Å². The van der Waals surface area contributed by atoms with E-state index in [4.69, 9.17) is 11.6 Å². The van der Waals surface area contributed by atoms with Gasteiger partial charge < -0.3 is 0 Å². The third kappa shape index (κ3) is 3.59. The summed E-state index contributed by atoms with van der Waals surface area (Å²) in [5.74, 6) is 0. The normalized spacial score (nSPS) is 12.4. The average molecular weight is 389 g/mol. The summed E-state index contributed by atoms with van der Waals surface area (Å²) < 4.78 is 2.10. The van der Waals surface area contributed by atoms with Crippen LogP contribution in [0.2, 0.25) is 0 Å². The SMILES string of the molecule is Cc1cccc(CC(Cl)c2ccc(Br)cc2Br)c1. The van der Waals surface area contributed by atoms with Crippen molar-refractivity contribution >= 4 is 43.5 Å². The smallest absolute Gasteiger partial charge is 0.0636 e. The quantitative estimate of drug-likeness (QED) is 0.562. The molecule has 0 spiro atoms. The molecule has 0 nitrogen and oxygen atoms in total. The number of halogens is 3. The third-order valence-corrected chi connectivity index (χ3v) is 4.37. The fourth-order valence-corrected chi connectivity index (χ4v) is 3.74. The van der Waals surface area contributed by atoms with Gasteiger partial charge in [-0.2, -0.15) is 0 Å². The van der Waals surface area contributed by atoms with Gasteiger partial charge in [0.25, 0.3) is 0 Å². The minimum atomic E-state index is -0.0192. The second-order valence-electron chi connectivity index (χ2n) is 4.33. The topological polar surface area (TPSA) is 0 Å². The van der Waals surface area contributed by atoms with Crippen molar-refractivity contribution in [1.29, 1.82) is 0 Å². The molecule has 0 bridgehead atoms. The van der Waals surface area contributed by atoms with Gasteiger partial charge in [-0.25, -0.2) is 0 Å². The van der Waals surface area contributed by atoms with Gasteiger partial charge in [0.05, 0.1) is 5.38 Å². The second-order valence-corrected chi connectivity index (χ2v) is 6.62. The summed E-state index contributed by atoms with van der Waals surface area (Å²) in [5, 5.41) is -0.0192. The van der Waals surface area contributed by atoms with Crippen LogP contribution in [0.3, 0.4) is 0 Å². The molecule has 0 aromatic heterocycles. The first-order valence-electron chi connectivity index (χ1n) is 5.71. The summed E-state index contributed by atoms with van der Waals surface area (Å²) in [7, 11) is 0. The van der Waals surface area contributed by atoms with E-state index in [1.54, 1.807) is 0 Å². The maximum Gasteiger partial charge on any atom is 0.0636 e. The molecule has 0 N–H and O–H groups in total. The fraction of sp³-hybridized carbons (Fsp3) is 0.200. The highest BCUT2D eigenvalue weighted by Crippen LogP contribution is 2.32. The van der Waals surface area contributed by atoms with Crippen LogP contribution in [0.5, 0.6) is 0 Å². The lowest BCUT2D eigenvalue weighted by atomic mass is 10.0. The Bertz CT molecular complexity index is 552. The predicted molar refractivity (Wildman–Crippen MR) is 85.3 cm³/mol. The first-order valence-corrected chi connectivity index (χ1v) is 7.73. The Balaban J connectivity index is 2.19. The summed E-state index contributed by atoms with van der Waals surface area (Å²) in [5.41, 5.74) is 3.66. The molecule has 2 rings (SSSR count). The highest BCUT2D eigenvalue weighted by molar-refractivity contribution is 9.11. The van der Waals surface area contributed by atoms with Gasteiger partial charge in [-0.15, -0.1) is 11.6 Å². The maximum atomic E-state index is 6.51. The molecule has 3 heteroatoms. The second kappa shape index (κ2) is 6.23. The van der Waals surface area contributed by atoms with E-state index in [9.17, 15) is 0 Å². The van der Waals surface area contributed by atoms with Crippen molar-refractivity contribution in [1.82, 2.24) is 0 Å². The molecule has 2 aromatic rings. The van der Waals surface area contributed by atoms with Gasteiger partial charge in [0, 0.05) is 8.95 Å². The fourth-order valence-electron chi connectivity index (χ4n) is 1.91. The molecular weight excluding hydrogens is 375 g/mol. The molecule has 94 valence electrons. The Morgan fingerprint density at radius 3 is 2.56 bits per heavy atom. The van der Waals surface area contributed by atoms with Crippen LogP contribution in [0.15, 0.2) is 51.4 Å². The van der Waals surface area contributed by atoms with Crippen LogP contribution in [0, 0.1) is 6.92 Å². The lowest BCUT2D eigenvalue weighted by Crippen LogP contribution is -1.97. The molecule has 0 heterocycles. The molecule has 0 aliphatic heterocycles. The van der Waals surface area contributed by atoms with Crippen LogP contribution in [-0.4, -0.2) is 0 Å². The Morgan fingerprint density at radius 1 is 1.11 bits per heavy atom. The molecule has 18 heavy (non-hydrogen) atoms.